The lowest BCUT2D eigenvalue weighted by Gasteiger charge is -2.31. The standard InChI is InChI=1S/C27H24N2O3/c1-18-24-25(20-12-9-15-22(17-20)31-2)23(16-19-10-5-3-6-11-19)27(30)32-26(24)29(28-18)21-13-7-4-8-14-21/h3-15,17,23,25H,16H2,1-2H3/t23-,25+/m0/s1. The van der Waals surface area contributed by atoms with Gasteiger partial charge in [-0.1, -0.05) is 60.7 Å². The molecule has 2 heterocycles. The minimum absolute atomic E-state index is 0.195. The Hall–Kier alpha value is -3.86. The number of carbonyl (C=O) groups is 1. The lowest BCUT2D eigenvalue weighted by molar-refractivity contribution is -0.141. The molecule has 0 bridgehead atoms. The summed E-state index contributed by atoms with van der Waals surface area (Å²) in [5, 5.41) is 4.76. The summed E-state index contributed by atoms with van der Waals surface area (Å²) in [6.45, 7) is 1.98. The molecule has 0 N–H and O–H groups in total. The van der Waals surface area contributed by atoms with Crippen LogP contribution in [-0.2, 0) is 11.2 Å². The van der Waals surface area contributed by atoms with Gasteiger partial charge in [0.2, 0.25) is 5.88 Å². The Bertz CT molecular complexity index is 1250. The molecule has 5 nitrogen and oxygen atoms in total. The zero-order valence-electron chi connectivity index (χ0n) is 18.1. The number of hydrogen-bond acceptors (Lipinski definition) is 4. The van der Waals surface area contributed by atoms with Crippen LogP contribution in [0.4, 0.5) is 0 Å². The van der Waals surface area contributed by atoms with Gasteiger partial charge >= 0.3 is 5.97 Å². The van der Waals surface area contributed by atoms with Gasteiger partial charge in [-0.3, -0.25) is 4.79 Å². The molecule has 0 radical (unpaired) electrons. The van der Waals surface area contributed by atoms with Gasteiger partial charge in [-0.15, -0.1) is 0 Å². The molecule has 0 unspecified atom stereocenters. The van der Waals surface area contributed by atoms with Crippen molar-refractivity contribution in [2.75, 3.05) is 7.11 Å². The number of ether oxygens (including phenoxy) is 2. The van der Waals surface area contributed by atoms with Gasteiger partial charge in [0.25, 0.3) is 0 Å². The Morgan fingerprint density at radius 1 is 0.969 bits per heavy atom. The van der Waals surface area contributed by atoms with E-state index in [-0.39, 0.29) is 17.8 Å². The lowest BCUT2D eigenvalue weighted by atomic mass is 9.76. The molecule has 0 aliphatic carbocycles. The zero-order valence-corrected chi connectivity index (χ0v) is 18.1. The highest BCUT2D eigenvalue weighted by atomic mass is 16.5. The summed E-state index contributed by atoms with van der Waals surface area (Å²) < 4.78 is 13.2. The van der Waals surface area contributed by atoms with Crippen molar-refractivity contribution in [1.29, 1.82) is 0 Å². The third kappa shape index (κ3) is 3.56. The predicted molar refractivity (Wildman–Crippen MR) is 122 cm³/mol. The normalized spacial score (nSPS) is 17.5. The van der Waals surface area contributed by atoms with Gasteiger partial charge in [0.15, 0.2) is 0 Å². The first-order chi connectivity index (χ1) is 15.7. The smallest absolute Gasteiger partial charge is 0.316 e. The number of esters is 1. The summed E-state index contributed by atoms with van der Waals surface area (Å²) >= 11 is 0. The molecule has 1 aromatic heterocycles. The number of carbonyl (C=O) groups excluding carboxylic acids is 1. The Labute approximate surface area is 187 Å². The number of methoxy groups -OCH3 is 1. The van der Waals surface area contributed by atoms with E-state index in [4.69, 9.17) is 14.6 Å². The van der Waals surface area contributed by atoms with E-state index in [9.17, 15) is 4.79 Å². The van der Waals surface area contributed by atoms with Gasteiger partial charge in [0.1, 0.15) is 5.75 Å². The highest BCUT2D eigenvalue weighted by molar-refractivity contribution is 5.81. The second-order valence-corrected chi connectivity index (χ2v) is 8.02. The molecule has 0 saturated heterocycles. The molecule has 0 amide bonds. The van der Waals surface area contributed by atoms with Gasteiger partial charge in [-0.2, -0.15) is 5.10 Å². The number of aryl methyl sites for hydroxylation is 1. The Balaban J connectivity index is 1.68. The number of rotatable bonds is 5. The molecule has 5 rings (SSSR count). The number of nitrogens with zero attached hydrogens (tertiary/aromatic N) is 2. The summed E-state index contributed by atoms with van der Waals surface area (Å²) in [6, 6.07) is 27.7. The second kappa shape index (κ2) is 8.35. The first kappa shape index (κ1) is 20.1. The zero-order chi connectivity index (χ0) is 22.1. The van der Waals surface area contributed by atoms with Crippen LogP contribution in [0.2, 0.25) is 0 Å². The van der Waals surface area contributed by atoms with Gasteiger partial charge in [0.05, 0.1) is 24.4 Å². The molecule has 160 valence electrons. The second-order valence-electron chi connectivity index (χ2n) is 8.02. The lowest BCUT2D eigenvalue weighted by Crippen LogP contribution is -2.34. The van der Waals surface area contributed by atoms with Crippen LogP contribution < -0.4 is 9.47 Å². The van der Waals surface area contributed by atoms with E-state index < -0.39 is 0 Å². The van der Waals surface area contributed by atoms with Crippen molar-refractivity contribution in [3.8, 4) is 17.3 Å². The fourth-order valence-corrected chi connectivity index (χ4v) is 4.53. The van der Waals surface area contributed by atoms with Crippen LogP contribution in [0.5, 0.6) is 11.6 Å². The maximum Gasteiger partial charge on any atom is 0.316 e. The van der Waals surface area contributed by atoms with Gasteiger partial charge < -0.3 is 9.47 Å². The van der Waals surface area contributed by atoms with E-state index >= 15 is 0 Å². The number of aromatic nitrogens is 2. The molecule has 1 aliphatic heterocycles. The Kier molecular flexibility index (Phi) is 5.23. The molecule has 0 saturated carbocycles. The van der Waals surface area contributed by atoms with Crippen molar-refractivity contribution < 1.29 is 14.3 Å². The van der Waals surface area contributed by atoms with E-state index in [1.807, 2.05) is 91.9 Å². The van der Waals surface area contributed by atoms with Crippen LogP contribution in [0.1, 0.15) is 28.3 Å². The molecule has 0 fully saturated rings. The largest absolute Gasteiger partial charge is 0.497 e. The molecular weight excluding hydrogens is 400 g/mol. The first-order valence-electron chi connectivity index (χ1n) is 10.7. The van der Waals surface area contributed by atoms with Crippen molar-refractivity contribution in [2.24, 2.45) is 5.92 Å². The quantitative estimate of drug-likeness (QED) is 0.418. The van der Waals surface area contributed by atoms with Crippen LogP contribution >= 0.6 is 0 Å². The van der Waals surface area contributed by atoms with E-state index in [0.29, 0.717) is 12.3 Å². The molecule has 0 spiro atoms. The average molecular weight is 425 g/mol. The number of para-hydroxylation sites is 1. The fraction of sp³-hybridized carbons (Fsp3) is 0.185. The van der Waals surface area contributed by atoms with Crippen LogP contribution in [0.15, 0.2) is 84.9 Å². The SMILES string of the molecule is COc1cccc([C@H]2c3c(C)nn(-c4ccccc4)c3OC(=O)[C@H]2Cc2ccccc2)c1. The summed E-state index contributed by atoms with van der Waals surface area (Å²) in [5.74, 6) is 0.444. The third-order valence-corrected chi connectivity index (χ3v) is 6.03. The van der Waals surface area contributed by atoms with Crippen molar-refractivity contribution in [2.45, 2.75) is 19.3 Å². The monoisotopic (exact) mass is 424 g/mol. The highest BCUT2D eigenvalue weighted by Gasteiger charge is 2.42. The number of benzene rings is 3. The predicted octanol–water partition coefficient (Wildman–Crippen LogP) is 5.10. The Morgan fingerprint density at radius 2 is 1.69 bits per heavy atom. The molecule has 3 aromatic carbocycles. The van der Waals surface area contributed by atoms with E-state index in [2.05, 4.69) is 0 Å². The molecule has 1 aliphatic rings. The van der Waals surface area contributed by atoms with Crippen LogP contribution in [-0.4, -0.2) is 22.9 Å². The average Bonchev–Trinajstić information content (AvgIpc) is 3.16. The van der Waals surface area contributed by atoms with E-state index in [0.717, 1.165) is 33.8 Å². The van der Waals surface area contributed by atoms with E-state index in [1.54, 1.807) is 11.8 Å². The minimum Gasteiger partial charge on any atom is -0.497 e. The molecule has 32 heavy (non-hydrogen) atoms. The van der Waals surface area contributed by atoms with Crippen molar-refractivity contribution in [3.63, 3.8) is 0 Å². The van der Waals surface area contributed by atoms with Gasteiger partial charge in [-0.25, -0.2) is 4.68 Å². The fourth-order valence-electron chi connectivity index (χ4n) is 4.53. The van der Waals surface area contributed by atoms with E-state index in [1.165, 1.54) is 0 Å². The molecule has 5 heteroatoms. The summed E-state index contributed by atoms with van der Waals surface area (Å²) in [5.41, 5.74) is 4.76. The maximum atomic E-state index is 13.4. The highest BCUT2D eigenvalue weighted by Crippen LogP contribution is 2.46. The maximum absolute atomic E-state index is 13.4. The van der Waals surface area contributed by atoms with Crippen molar-refractivity contribution >= 4 is 5.97 Å². The van der Waals surface area contributed by atoms with Gasteiger partial charge in [0, 0.05) is 11.5 Å². The van der Waals surface area contributed by atoms with Crippen molar-refractivity contribution in [3.05, 3.63) is 107 Å². The Morgan fingerprint density at radius 3 is 2.41 bits per heavy atom. The van der Waals surface area contributed by atoms with Crippen LogP contribution in [0.3, 0.4) is 0 Å². The summed E-state index contributed by atoms with van der Waals surface area (Å²) in [4.78, 5) is 13.4. The number of fused-ring (bicyclic) bond motifs is 1. The third-order valence-electron chi connectivity index (χ3n) is 6.03. The van der Waals surface area contributed by atoms with Crippen molar-refractivity contribution in [1.82, 2.24) is 9.78 Å². The van der Waals surface area contributed by atoms with Crippen LogP contribution in [0.25, 0.3) is 5.69 Å². The van der Waals surface area contributed by atoms with Gasteiger partial charge in [-0.05, 0) is 48.7 Å². The summed E-state index contributed by atoms with van der Waals surface area (Å²) in [7, 11) is 1.65. The molecule has 4 aromatic rings. The van der Waals surface area contributed by atoms with Crippen LogP contribution in [0, 0.1) is 12.8 Å². The minimum atomic E-state index is -0.371. The number of hydrogen-bond donors (Lipinski definition) is 0. The molecular formula is C27H24N2O3. The summed E-state index contributed by atoms with van der Waals surface area (Å²) in [6.07, 6.45) is 0.580. The first-order valence-corrected chi connectivity index (χ1v) is 10.7. The molecule has 2 atom stereocenters. The topological polar surface area (TPSA) is 53.4 Å².